The molecule has 0 aliphatic carbocycles. The molecule has 0 saturated heterocycles. The van der Waals surface area contributed by atoms with Crippen molar-refractivity contribution in [3.8, 4) is 5.75 Å². The second-order valence-electron chi connectivity index (χ2n) is 42.5. The van der Waals surface area contributed by atoms with Gasteiger partial charge in [0.1, 0.15) is 17.4 Å². The standard InChI is InChI=1S/3C15H23Cl.2C15H23F.C13H19Cl.C11H12ClF3O.C10H10ClF3.C9H10Cl2/c1-9(2)13-7-12(16)8-14(10(3)4)15(13)11(5)6;1-9(2)12-7-13(10(3)4)15(16)14(8-12)11(5)6;1-9(2)12-7-8-13(16)15(11(5)6)14(12)10(3)4;1-9(2)13-7-12(16)8-14(10(3)4)15(13)11(5)6;1-9(2)12-7-13(10(3)4)15(16)14(8-12)11(5)6;1-9(2)10-6-11(13(3,4)5)8-12(14)7-10;1-7(2)8-3-9(12)5-10(4-8)16-6-11(13,14)15;1-6(2)7-3-8(10(12,13)14)5-9(11)4-7;1-6(2)7-3-8(10)5-9(11)4-7/h5*7-11H,1-6H3;6-9H,1-5H3;3-5,7H,6H2,1-2H3;3-6H,1-2H3;3-6H,1-2H3. The minimum Gasteiger partial charge on any atom is -0.484 e. The molecule has 0 aliphatic rings. The Kier molecular flexibility index (Phi) is 55.0. The van der Waals surface area contributed by atoms with Crippen molar-refractivity contribution in [2.24, 2.45) is 0 Å². The monoisotopic (exact) mass is 2030 g/mol. The van der Waals surface area contributed by atoms with Crippen LogP contribution in [0, 0.1) is 11.6 Å². The van der Waals surface area contributed by atoms with Crippen LogP contribution in [-0.2, 0) is 11.6 Å². The van der Waals surface area contributed by atoms with Crippen LogP contribution in [0.15, 0.2) is 133 Å². The fraction of sp³-hybridized carbons (Fsp3) is 0.542. The van der Waals surface area contributed by atoms with Crippen molar-refractivity contribution < 1.29 is 39.9 Å². The van der Waals surface area contributed by atoms with Crippen LogP contribution in [-0.4, -0.2) is 12.8 Å². The molecule has 0 aromatic heterocycles. The van der Waals surface area contributed by atoms with Gasteiger partial charge in [-0.1, -0.05) is 413 Å². The van der Waals surface area contributed by atoms with Gasteiger partial charge in [-0.3, -0.25) is 0 Å². The lowest BCUT2D eigenvalue weighted by molar-refractivity contribution is -0.153. The number of ether oxygens (including phenoxy) is 1. The Hall–Kier alpha value is -5.46. The van der Waals surface area contributed by atoms with Crippen LogP contribution in [0.25, 0.3) is 0 Å². The minimum absolute atomic E-state index is 0.00519. The van der Waals surface area contributed by atoms with Crippen LogP contribution in [0.4, 0.5) is 35.1 Å². The second-order valence-corrected chi connectivity index (χ2v) is 46.0. The van der Waals surface area contributed by atoms with E-state index in [9.17, 15) is 35.1 Å². The number of hydrogen-bond donors (Lipinski definition) is 0. The van der Waals surface area contributed by atoms with Crippen molar-refractivity contribution in [2.45, 2.75) is 414 Å². The maximum Gasteiger partial charge on any atom is 0.422 e. The third kappa shape index (κ3) is 43.5. The molecular weight excluding hydrogens is 1870 g/mol. The number of rotatable bonds is 21. The zero-order chi connectivity index (χ0) is 105. The molecule has 0 radical (unpaired) electrons. The fourth-order valence-electron chi connectivity index (χ4n) is 15.2. The predicted molar refractivity (Wildman–Crippen MR) is 581 cm³/mol. The molecule has 0 unspecified atom stereocenters. The van der Waals surface area contributed by atoms with Crippen molar-refractivity contribution in [1.82, 2.24) is 0 Å². The molecule has 9 aromatic carbocycles. The van der Waals surface area contributed by atoms with E-state index in [1.54, 1.807) is 36.4 Å². The van der Waals surface area contributed by atoms with E-state index in [-0.39, 0.29) is 51.5 Å². The van der Waals surface area contributed by atoms with Gasteiger partial charge in [0.05, 0.1) is 5.56 Å². The SMILES string of the molecule is CC(C)c1cc(C(C)C)c(Cl)c(C(C)C)c1.CC(C)c1cc(C(C)C)c(F)c(C(C)C)c1.CC(C)c1cc(Cl)cc(C(C)(C)C)c1.CC(C)c1cc(Cl)cc(C(C)C)c1C(C)C.CC(C)c1cc(Cl)cc(C(F)(F)F)c1.CC(C)c1cc(Cl)cc(Cl)c1.CC(C)c1cc(Cl)cc(OCC(F)(F)F)c1.CC(C)c1cc(F)cc(C(C)C)c1C(C)C.CC(C)c1ccc(Cl)c(C(C)C)c1C(C)C. The van der Waals surface area contributed by atoms with Crippen molar-refractivity contribution in [1.29, 1.82) is 0 Å². The highest BCUT2D eigenvalue weighted by Crippen LogP contribution is 2.43. The number of benzene rings is 9. The van der Waals surface area contributed by atoms with Gasteiger partial charge in [-0.15, -0.1) is 0 Å². The summed E-state index contributed by atoms with van der Waals surface area (Å²) in [5.41, 5.74) is 23.9. The van der Waals surface area contributed by atoms with Gasteiger partial charge in [0, 0.05) is 40.2 Å². The Balaban J connectivity index is 0.000000761. The topological polar surface area (TPSA) is 9.23 Å². The summed E-state index contributed by atoms with van der Waals surface area (Å²) in [6.45, 7) is 87.1. The lowest BCUT2D eigenvalue weighted by atomic mass is 9.83. The molecular formula is C118H166Cl8F8O. The second kappa shape index (κ2) is 58.2. The summed E-state index contributed by atoms with van der Waals surface area (Å²) in [4.78, 5) is 0. The molecule has 135 heavy (non-hydrogen) atoms. The largest absolute Gasteiger partial charge is 0.484 e. The van der Waals surface area contributed by atoms with E-state index in [1.165, 1.54) is 95.1 Å². The smallest absolute Gasteiger partial charge is 0.422 e. The molecule has 0 N–H and O–H groups in total. The first-order valence-electron chi connectivity index (χ1n) is 48.5. The van der Waals surface area contributed by atoms with Gasteiger partial charge in [0.25, 0.3) is 0 Å². The maximum absolute atomic E-state index is 14.2. The maximum atomic E-state index is 14.2. The Labute approximate surface area is 854 Å². The molecule has 756 valence electrons. The minimum atomic E-state index is -4.33. The first kappa shape index (κ1) is 128. The molecule has 0 fully saturated rings. The van der Waals surface area contributed by atoms with E-state index in [2.05, 4.69) is 288 Å². The number of halogens is 16. The van der Waals surface area contributed by atoms with Crippen molar-refractivity contribution in [2.75, 3.05) is 6.61 Å². The van der Waals surface area contributed by atoms with Crippen LogP contribution in [0.5, 0.6) is 5.75 Å². The average Bonchev–Trinajstić information content (AvgIpc) is 0.737. The number of alkyl halides is 6. The van der Waals surface area contributed by atoms with Gasteiger partial charge < -0.3 is 4.74 Å². The molecule has 0 bridgehead atoms. The molecule has 0 heterocycles. The molecule has 17 heteroatoms. The highest BCUT2D eigenvalue weighted by molar-refractivity contribution is 6.35. The summed E-state index contributed by atoms with van der Waals surface area (Å²) in [5, 5.41) is 5.53. The molecule has 9 aromatic rings. The summed E-state index contributed by atoms with van der Waals surface area (Å²) < 4.78 is 105. The Morgan fingerprint density at radius 3 is 0.785 bits per heavy atom. The summed E-state index contributed by atoms with van der Waals surface area (Å²) in [6.07, 6.45) is -8.66. The Bertz CT molecular complexity index is 4730. The van der Waals surface area contributed by atoms with Gasteiger partial charge in [0.2, 0.25) is 0 Å². The Morgan fingerprint density at radius 1 is 0.237 bits per heavy atom. The third-order valence-electron chi connectivity index (χ3n) is 23.1. The summed E-state index contributed by atoms with van der Waals surface area (Å²) >= 11 is 48.1. The third-order valence-corrected chi connectivity index (χ3v) is 25.2. The zero-order valence-electron chi connectivity index (χ0n) is 89.3. The van der Waals surface area contributed by atoms with Crippen LogP contribution in [0.3, 0.4) is 0 Å². The molecule has 0 atom stereocenters. The van der Waals surface area contributed by atoms with Gasteiger partial charge in [0.15, 0.2) is 6.61 Å². The van der Waals surface area contributed by atoms with Crippen LogP contribution < -0.4 is 4.74 Å². The van der Waals surface area contributed by atoms with E-state index in [1.807, 2.05) is 79.7 Å². The molecule has 0 saturated carbocycles. The van der Waals surface area contributed by atoms with E-state index in [4.69, 9.17) is 92.8 Å². The molecule has 9 rings (SSSR count). The average molecular weight is 2040 g/mol. The lowest BCUT2D eigenvalue weighted by Crippen LogP contribution is -2.19. The molecule has 0 spiro atoms. The first-order valence-corrected chi connectivity index (χ1v) is 51.5. The van der Waals surface area contributed by atoms with Gasteiger partial charge >= 0.3 is 12.4 Å². The van der Waals surface area contributed by atoms with E-state index < -0.39 is 24.5 Å². The lowest BCUT2D eigenvalue weighted by Gasteiger charge is -2.23. The summed E-state index contributed by atoms with van der Waals surface area (Å²) in [7, 11) is 0. The highest BCUT2D eigenvalue weighted by Gasteiger charge is 2.32. The van der Waals surface area contributed by atoms with Crippen molar-refractivity contribution in [3.05, 3.63) is 302 Å². The molecule has 1 nitrogen and oxygen atoms in total. The fourth-order valence-corrected chi connectivity index (χ4v) is 17.7. The van der Waals surface area contributed by atoms with Crippen LogP contribution in [0.1, 0.15) is 513 Å². The van der Waals surface area contributed by atoms with E-state index in [0.29, 0.717) is 109 Å². The van der Waals surface area contributed by atoms with Crippen molar-refractivity contribution in [3.63, 3.8) is 0 Å². The number of hydrogen-bond acceptors (Lipinski definition) is 1. The van der Waals surface area contributed by atoms with Crippen molar-refractivity contribution >= 4 is 92.8 Å². The summed E-state index contributed by atoms with van der Waals surface area (Å²) in [6, 6.07) is 40.8. The first-order chi connectivity index (χ1) is 61.7. The molecule has 0 aliphatic heterocycles. The van der Waals surface area contributed by atoms with Gasteiger partial charge in [-0.2, -0.15) is 26.3 Å². The van der Waals surface area contributed by atoms with Gasteiger partial charge in [-0.05, 0) is 326 Å². The predicted octanol–water partition coefficient (Wildman–Crippen LogP) is 45.3. The summed E-state index contributed by atoms with van der Waals surface area (Å²) in [5.74, 6) is 8.20. The van der Waals surface area contributed by atoms with Crippen LogP contribution >= 0.6 is 92.8 Å². The van der Waals surface area contributed by atoms with E-state index >= 15 is 0 Å². The zero-order valence-corrected chi connectivity index (χ0v) is 95.4. The molecule has 0 amide bonds. The normalized spacial score (nSPS) is 11.9. The van der Waals surface area contributed by atoms with E-state index in [0.717, 1.165) is 48.9 Å². The highest BCUT2D eigenvalue weighted by atomic mass is 35.5. The van der Waals surface area contributed by atoms with Gasteiger partial charge in [-0.25, -0.2) is 8.78 Å². The Morgan fingerprint density at radius 2 is 0.496 bits per heavy atom. The quantitative estimate of drug-likeness (QED) is 0.0652. The van der Waals surface area contributed by atoms with Crippen LogP contribution in [0.2, 0.25) is 40.2 Å².